The summed E-state index contributed by atoms with van der Waals surface area (Å²) in [6.45, 7) is 0.760. The zero-order valence-electron chi connectivity index (χ0n) is 15.8. The van der Waals surface area contributed by atoms with Crippen LogP contribution in [0, 0.1) is 0 Å². The average molecular weight is 317 g/mol. The molecule has 1 aliphatic carbocycles. The second-order valence-electron chi connectivity index (χ2n) is 6.15. The molecule has 0 aliphatic heterocycles. The van der Waals surface area contributed by atoms with Crippen LogP contribution in [0.15, 0.2) is 24.3 Å². The molecule has 0 aromatic heterocycles. The predicted octanol–water partition coefficient (Wildman–Crippen LogP) is 3.46. The van der Waals surface area contributed by atoms with E-state index in [2.05, 4.69) is 4.90 Å². The van der Waals surface area contributed by atoms with Gasteiger partial charge in [-0.3, -0.25) is 0 Å². The molecule has 120 valence electrons. The van der Waals surface area contributed by atoms with Crippen molar-refractivity contribution >= 4 is 12.4 Å². The second-order valence-corrected chi connectivity index (χ2v) is 6.15. The number of nitrogens with zero attached hydrogens (tertiary/aromatic N) is 1. The van der Waals surface area contributed by atoms with Crippen LogP contribution >= 0.6 is 12.4 Å². The van der Waals surface area contributed by atoms with E-state index in [1.54, 1.807) is 12.1 Å². The second kappa shape index (κ2) is 8.02. The molecule has 0 amide bonds. The van der Waals surface area contributed by atoms with Crippen LogP contribution in [0.2, 0.25) is 0 Å². The van der Waals surface area contributed by atoms with Gasteiger partial charge < -0.3 is 14.7 Å². The van der Waals surface area contributed by atoms with Crippen molar-refractivity contribution in [3.8, 4) is 5.75 Å². The Morgan fingerprint density at radius 3 is 2.38 bits per heavy atom. The fourth-order valence-electron chi connectivity index (χ4n) is 3.23. The Labute approximate surface area is 138 Å². The lowest BCUT2D eigenvalue weighted by atomic mass is 9.72. The fraction of sp³-hybridized carbons (Fsp3) is 0.647. The van der Waals surface area contributed by atoms with E-state index in [0.29, 0.717) is 5.75 Å². The minimum Gasteiger partial charge on any atom is -0.497 e. The topological polar surface area (TPSA) is 32.7 Å². The van der Waals surface area contributed by atoms with E-state index in [0.717, 1.165) is 37.8 Å². The molecule has 4 heteroatoms. The summed E-state index contributed by atoms with van der Waals surface area (Å²) < 4.78 is 26.4. The molecule has 0 unspecified atom stereocenters. The number of likely N-dealkylation sites (N-methyl/N-ethyl adjacent to an activating group) is 1. The molecule has 0 heterocycles. The van der Waals surface area contributed by atoms with Gasteiger partial charge in [-0.25, -0.2) is 0 Å². The lowest BCUT2D eigenvalue weighted by Crippen LogP contribution is -2.42. The molecule has 1 aromatic rings. The van der Waals surface area contributed by atoms with Crippen molar-refractivity contribution in [3.63, 3.8) is 0 Å². The van der Waals surface area contributed by atoms with Crippen LogP contribution in [0.3, 0.4) is 0 Å². The van der Waals surface area contributed by atoms with E-state index in [1.807, 2.05) is 26.2 Å². The van der Waals surface area contributed by atoms with Gasteiger partial charge in [0.05, 0.1) is 16.8 Å². The van der Waals surface area contributed by atoms with Crippen LogP contribution in [-0.4, -0.2) is 43.3 Å². The normalized spacial score (nSPS) is 21.6. The Morgan fingerprint density at radius 2 is 1.86 bits per heavy atom. The molecule has 0 radical (unpaired) electrons. The Bertz CT molecular complexity index is 500. The lowest BCUT2D eigenvalue weighted by molar-refractivity contribution is -0.0277. The van der Waals surface area contributed by atoms with Crippen molar-refractivity contribution in [2.24, 2.45) is 0 Å². The van der Waals surface area contributed by atoms with Gasteiger partial charge in [0.1, 0.15) is 5.75 Å². The molecule has 2 rings (SSSR count). The van der Waals surface area contributed by atoms with Crippen LogP contribution in [0.1, 0.15) is 47.7 Å². The van der Waals surface area contributed by atoms with Crippen LogP contribution in [0.25, 0.3) is 0 Å². The summed E-state index contributed by atoms with van der Waals surface area (Å²) >= 11 is 0. The van der Waals surface area contributed by atoms with Gasteiger partial charge in [0.25, 0.3) is 0 Å². The first kappa shape index (κ1) is 13.9. The molecule has 1 fully saturated rings. The molecule has 1 saturated carbocycles. The maximum absolute atomic E-state index is 11.1. The van der Waals surface area contributed by atoms with Crippen LogP contribution in [-0.2, 0) is 0 Å². The van der Waals surface area contributed by atoms with Crippen molar-refractivity contribution in [1.29, 1.82) is 0 Å². The summed E-state index contributed by atoms with van der Waals surface area (Å²) in [7, 11) is 1.57. The maximum atomic E-state index is 11.1. The number of aliphatic hydroxyl groups is 1. The van der Waals surface area contributed by atoms with Gasteiger partial charge in [0, 0.05) is 12.5 Å². The number of ether oxygens (including phenoxy) is 1. The fourth-order valence-corrected chi connectivity index (χ4v) is 3.23. The van der Waals surface area contributed by atoms with Crippen LogP contribution in [0.4, 0.5) is 0 Å². The minimum atomic E-state index is -2.44. The summed E-state index contributed by atoms with van der Waals surface area (Å²) in [6, 6.07) is 7.11. The smallest absolute Gasteiger partial charge is 0.118 e. The molecular weight excluding hydrogens is 286 g/mol. The third kappa shape index (κ3) is 4.60. The number of hydrogen-bond acceptors (Lipinski definition) is 3. The molecule has 1 N–H and O–H groups in total. The van der Waals surface area contributed by atoms with E-state index < -0.39 is 12.6 Å². The van der Waals surface area contributed by atoms with Crippen molar-refractivity contribution < 1.29 is 14.0 Å². The number of benzene rings is 1. The number of methoxy groups -OCH3 is 1. The Hall–Kier alpha value is -0.770. The Morgan fingerprint density at radius 1 is 1.24 bits per heavy atom. The lowest BCUT2D eigenvalue weighted by Gasteiger charge is -2.40. The van der Waals surface area contributed by atoms with E-state index in [9.17, 15) is 5.11 Å². The van der Waals surface area contributed by atoms with Gasteiger partial charge in [0.2, 0.25) is 0 Å². The molecule has 0 spiro atoms. The monoisotopic (exact) mass is 316 g/mol. The zero-order valence-corrected chi connectivity index (χ0v) is 13.7. The molecular formula is C17H28ClNO2. The van der Waals surface area contributed by atoms with E-state index in [-0.39, 0.29) is 18.3 Å². The third-order valence-corrected chi connectivity index (χ3v) is 4.32. The molecule has 0 bridgehead atoms. The highest BCUT2D eigenvalue weighted by molar-refractivity contribution is 5.85. The largest absolute Gasteiger partial charge is 0.497 e. The summed E-state index contributed by atoms with van der Waals surface area (Å²) in [5.74, 6) is 0.340. The van der Waals surface area contributed by atoms with Gasteiger partial charge in [-0.15, -0.1) is 12.4 Å². The minimum absolute atomic E-state index is 0. The van der Waals surface area contributed by atoms with Gasteiger partial charge in [-0.2, -0.15) is 0 Å². The van der Waals surface area contributed by atoms with Gasteiger partial charge in [-0.1, -0.05) is 31.4 Å². The first-order valence-corrected chi connectivity index (χ1v) is 7.36. The highest BCUT2D eigenvalue weighted by atomic mass is 35.5. The Kier molecular flexibility index (Phi) is 5.29. The highest BCUT2D eigenvalue weighted by Gasteiger charge is 2.38. The first-order chi connectivity index (χ1) is 10.7. The number of halogens is 1. The summed E-state index contributed by atoms with van der Waals surface area (Å²) in [6.07, 6.45) is 4.93. The van der Waals surface area contributed by atoms with E-state index >= 15 is 0 Å². The maximum Gasteiger partial charge on any atom is 0.118 e. The quantitative estimate of drug-likeness (QED) is 0.903. The van der Waals surface area contributed by atoms with Gasteiger partial charge in [0.15, 0.2) is 0 Å². The molecule has 0 saturated heterocycles. The van der Waals surface area contributed by atoms with Gasteiger partial charge in [-0.05, 0) is 44.6 Å². The molecule has 3 nitrogen and oxygen atoms in total. The summed E-state index contributed by atoms with van der Waals surface area (Å²) in [5, 5.41) is 11.1. The zero-order chi connectivity index (χ0) is 17.1. The SMILES string of the molecule is Cl.[2H]C([2H])([2H])Oc1ccc([C@H](CN(C)C)C2(O)CCCCC2)cc1. The van der Waals surface area contributed by atoms with E-state index in [1.165, 1.54) is 6.42 Å². The average Bonchev–Trinajstić information content (AvgIpc) is 2.45. The molecule has 1 aromatic carbocycles. The highest BCUT2D eigenvalue weighted by Crippen LogP contribution is 2.40. The van der Waals surface area contributed by atoms with E-state index in [4.69, 9.17) is 8.85 Å². The Balaban J connectivity index is 0.00000288. The van der Waals surface area contributed by atoms with Crippen molar-refractivity contribution in [1.82, 2.24) is 4.90 Å². The van der Waals surface area contributed by atoms with Gasteiger partial charge >= 0.3 is 0 Å². The molecule has 1 aliphatic rings. The van der Waals surface area contributed by atoms with Crippen LogP contribution < -0.4 is 4.74 Å². The standard InChI is InChI=1S/C17H27NO2.ClH/c1-18(2)13-16(17(19)11-5-4-6-12-17)14-7-9-15(20-3)10-8-14;/h7-10,16,19H,4-6,11-13H2,1-3H3;1H/t16-;/m0./s1/i3D3;. The van der Waals surface area contributed by atoms with Crippen molar-refractivity contribution in [2.75, 3.05) is 27.7 Å². The number of hydrogen-bond donors (Lipinski definition) is 1. The summed E-state index contributed by atoms with van der Waals surface area (Å²) in [5.41, 5.74) is 0.343. The predicted molar refractivity (Wildman–Crippen MR) is 89.6 cm³/mol. The third-order valence-electron chi connectivity index (χ3n) is 4.32. The summed E-state index contributed by atoms with van der Waals surface area (Å²) in [4.78, 5) is 2.09. The first-order valence-electron chi connectivity index (χ1n) is 8.86. The van der Waals surface area contributed by atoms with Crippen LogP contribution in [0.5, 0.6) is 5.75 Å². The number of rotatable bonds is 5. The molecule has 1 atom stereocenters. The van der Waals surface area contributed by atoms with Crippen molar-refractivity contribution in [2.45, 2.75) is 43.6 Å². The molecule has 21 heavy (non-hydrogen) atoms. The van der Waals surface area contributed by atoms with Crippen molar-refractivity contribution in [3.05, 3.63) is 29.8 Å².